The van der Waals surface area contributed by atoms with Crippen molar-refractivity contribution in [1.29, 1.82) is 0 Å². The number of hydrogen-bond donors (Lipinski definition) is 2. The molecule has 120 valence electrons. The van der Waals surface area contributed by atoms with Crippen LogP contribution in [0.15, 0.2) is 6.07 Å². The van der Waals surface area contributed by atoms with E-state index in [2.05, 4.69) is 20.6 Å². The maximum absolute atomic E-state index is 12.7. The lowest BCUT2D eigenvalue weighted by Gasteiger charge is -2.12. The van der Waals surface area contributed by atoms with E-state index in [0.29, 0.717) is 32.7 Å². The Hall–Kier alpha value is -1.57. The van der Waals surface area contributed by atoms with Crippen molar-refractivity contribution < 1.29 is 17.9 Å². The van der Waals surface area contributed by atoms with Gasteiger partial charge < -0.3 is 15.4 Å². The highest BCUT2D eigenvalue weighted by molar-refractivity contribution is 5.47. The van der Waals surface area contributed by atoms with E-state index in [4.69, 9.17) is 4.74 Å². The zero-order chi connectivity index (χ0) is 15.7. The molecule has 1 aromatic rings. The molecule has 2 N–H and O–H groups in total. The molecule has 0 radical (unpaired) electrons. The van der Waals surface area contributed by atoms with E-state index in [0.717, 1.165) is 6.42 Å². The van der Waals surface area contributed by atoms with Gasteiger partial charge in [-0.05, 0) is 19.8 Å². The van der Waals surface area contributed by atoms with Crippen molar-refractivity contribution in [3.63, 3.8) is 0 Å². The molecule has 0 bridgehead atoms. The average Bonchev–Trinajstić information content (AvgIpc) is 2.42. The van der Waals surface area contributed by atoms with Gasteiger partial charge in [0.1, 0.15) is 11.6 Å². The number of aromatic nitrogens is 2. The van der Waals surface area contributed by atoms with Crippen LogP contribution in [0.3, 0.4) is 0 Å². The first kappa shape index (κ1) is 17.5. The van der Waals surface area contributed by atoms with Gasteiger partial charge in [-0.1, -0.05) is 6.92 Å². The van der Waals surface area contributed by atoms with Crippen LogP contribution in [0.5, 0.6) is 0 Å². The second-order valence-corrected chi connectivity index (χ2v) is 4.38. The summed E-state index contributed by atoms with van der Waals surface area (Å²) in [6, 6.07) is 1.46. The largest absolute Gasteiger partial charge is 0.451 e. The molecule has 1 heterocycles. The Morgan fingerprint density at radius 3 is 2.33 bits per heavy atom. The Labute approximate surface area is 122 Å². The van der Waals surface area contributed by atoms with Crippen LogP contribution in [-0.4, -0.2) is 36.3 Å². The molecule has 5 nitrogen and oxygen atoms in total. The third kappa shape index (κ3) is 6.61. The third-order valence-corrected chi connectivity index (χ3v) is 2.46. The normalized spacial score (nSPS) is 11.5. The molecule has 0 saturated heterocycles. The van der Waals surface area contributed by atoms with E-state index >= 15 is 0 Å². The Balaban J connectivity index is 2.61. The van der Waals surface area contributed by atoms with Gasteiger partial charge in [0.2, 0.25) is 5.82 Å². The van der Waals surface area contributed by atoms with Gasteiger partial charge in [-0.3, -0.25) is 0 Å². The summed E-state index contributed by atoms with van der Waals surface area (Å²) in [7, 11) is 0. The summed E-state index contributed by atoms with van der Waals surface area (Å²) in [5.41, 5.74) is 0. The van der Waals surface area contributed by atoms with Crippen LogP contribution in [0.25, 0.3) is 0 Å². The maximum Gasteiger partial charge on any atom is 0.451 e. The highest BCUT2D eigenvalue weighted by atomic mass is 19.4. The molecule has 0 aliphatic carbocycles. The Kier molecular flexibility index (Phi) is 7.21. The first-order valence-corrected chi connectivity index (χ1v) is 6.99. The standard InChI is InChI=1S/C13H21F3N4O/c1-3-7-21-8-5-6-18-11-9-10(17-4-2)19-12(20-11)13(14,15)16/h9H,3-8H2,1-2H3,(H2,17,18,19,20). The molecule has 21 heavy (non-hydrogen) atoms. The second-order valence-electron chi connectivity index (χ2n) is 4.38. The summed E-state index contributed by atoms with van der Waals surface area (Å²) < 4.78 is 43.4. The van der Waals surface area contributed by atoms with Gasteiger partial charge in [0.05, 0.1) is 0 Å². The molecule has 1 aromatic heterocycles. The van der Waals surface area contributed by atoms with Gasteiger partial charge in [-0.25, -0.2) is 9.97 Å². The molecule has 0 spiro atoms. The van der Waals surface area contributed by atoms with Crippen LogP contribution in [-0.2, 0) is 10.9 Å². The summed E-state index contributed by atoms with van der Waals surface area (Å²) in [4.78, 5) is 6.94. The molecule has 0 aliphatic rings. The third-order valence-electron chi connectivity index (χ3n) is 2.46. The molecule has 0 amide bonds. The maximum atomic E-state index is 12.7. The average molecular weight is 306 g/mol. The molecule has 0 saturated carbocycles. The fourth-order valence-corrected chi connectivity index (χ4v) is 1.57. The molecule has 0 aliphatic heterocycles. The summed E-state index contributed by atoms with van der Waals surface area (Å²) in [6.45, 7) is 6.03. The van der Waals surface area contributed by atoms with Crippen LogP contribution < -0.4 is 10.6 Å². The highest BCUT2D eigenvalue weighted by Crippen LogP contribution is 2.28. The second kappa shape index (κ2) is 8.66. The van der Waals surface area contributed by atoms with Crippen LogP contribution in [0.2, 0.25) is 0 Å². The van der Waals surface area contributed by atoms with Gasteiger partial charge in [0, 0.05) is 32.4 Å². The Morgan fingerprint density at radius 1 is 1.10 bits per heavy atom. The van der Waals surface area contributed by atoms with E-state index in [9.17, 15) is 13.2 Å². The van der Waals surface area contributed by atoms with E-state index in [-0.39, 0.29) is 11.6 Å². The Bertz CT molecular complexity index is 426. The molecular weight excluding hydrogens is 285 g/mol. The topological polar surface area (TPSA) is 59.1 Å². The van der Waals surface area contributed by atoms with Crippen molar-refractivity contribution >= 4 is 11.6 Å². The molecule has 8 heteroatoms. The molecule has 0 aromatic carbocycles. The summed E-state index contributed by atoms with van der Waals surface area (Å²) in [6.07, 6.45) is -2.92. The highest BCUT2D eigenvalue weighted by Gasteiger charge is 2.35. The lowest BCUT2D eigenvalue weighted by atomic mass is 10.4. The number of halogens is 3. The zero-order valence-electron chi connectivity index (χ0n) is 12.3. The predicted octanol–water partition coefficient (Wildman–Crippen LogP) is 3.16. The molecular formula is C13H21F3N4O. The number of rotatable bonds is 9. The van der Waals surface area contributed by atoms with E-state index in [1.807, 2.05) is 6.92 Å². The predicted molar refractivity (Wildman–Crippen MR) is 75.4 cm³/mol. The van der Waals surface area contributed by atoms with Gasteiger partial charge >= 0.3 is 6.18 Å². The Morgan fingerprint density at radius 2 is 1.76 bits per heavy atom. The van der Waals surface area contributed by atoms with E-state index in [1.54, 1.807) is 6.92 Å². The lowest BCUT2D eigenvalue weighted by molar-refractivity contribution is -0.144. The van der Waals surface area contributed by atoms with Gasteiger partial charge in [-0.15, -0.1) is 0 Å². The summed E-state index contributed by atoms with van der Waals surface area (Å²) >= 11 is 0. The van der Waals surface area contributed by atoms with Gasteiger partial charge in [-0.2, -0.15) is 13.2 Å². The van der Waals surface area contributed by atoms with Crippen LogP contribution in [0, 0.1) is 0 Å². The fraction of sp³-hybridized carbons (Fsp3) is 0.692. The number of alkyl halides is 3. The number of nitrogens with one attached hydrogen (secondary N) is 2. The van der Waals surface area contributed by atoms with Gasteiger partial charge in [0.25, 0.3) is 0 Å². The SMILES string of the molecule is CCCOCCCNc1cc(NCC)nc(C(F)(F)F)n1. The quantitative estimate of drug-likeness (QED) is 0.686. The summed E-state index contributed by atoms with van der Waals surface area (Å²) in [5, 5.41) is 5.62. The molecule has 0 unspecified atom stereocenters. The van der Waals surface area contributed by atoms with Crippen LogP contribution >= 0.6 is 0 Å². The monoisotopic (exact) mass is 306 g/mol. The molecule has 0 fully saturated rings. The van der Waals surface area contributed by atoms with Crippen molar-refractivity contribution in [1.82, 2.24) is 9.97 Å². The van der Waals surface area contributed by atoms with Crippen LogP contribution in [0.1, 0.15) is 32.5 Å². The minimum Gasteiger partial charge on any atom is -0.381 e. The number of hydrogen-bond acceptors (Lipinski definition) is 5. The summed E-state index contributed by atoms with van der Waals surface area (Å²) in [5.74, 6) is -0.834. The minimum absolute atomic E-state index is 0.156. The van der Waals surface area contributed by atoms with Crippen molar-refractivity contribution in [2.75, 3.05) is 36.9 Å². The number of anilines is 2. The van der Waals surface area contributed by atoms with E-state index < -0.39 is 12.0 Å². The van der Waals surface area contributed by atoms with Crippen molar-refractivity contribution in [3.05, 3.63) is 11.9 Å². The first-order chi connectivity index (χ1) is 9.97. The first-order valence-electron chi connectivity index (χ1n) is 6.99. The zero-order valence-corrected chi connectivity index (χ0v) is 12.3. The van der Waals surface area contributed by atoms with Crippen molar-refractivity contribution in [3.8, 4) is 0 Å². The van der Waals surface area contributed by atoms with Crippen molar-refractivity contribution in [2.45, 2.75) is 32.9 Å². The molecule has 1 rings (SSSR count). The smallest absolute Gasteiger partial charge is 0.381 e. The minimum atomic E-state index is -4.56. The lowest BCUT2D eigenvalue weighted by Crippen LogP contribution is -2.16. The van der Waals surface area contributed by atoms with Gasteiger partial charge in [0.15, 0.2) is 0 Å². The fourth-order valence-electron chi connectivity index (χ4n) is 1.57. The van der Waals surface area contributed by atoms with Crippen molar-refractivity contribution in [2.24, 2.45) is 0 Å². The molecule has 0 atom stereocenters. The van der Waals surface area contributed by atoms with E-state index in [1.165, 1.54) is 6.07 Å². The van der Waals surface area contributed by atoms with Crippen LogP contribution in [0.4, 0.5) is 24.8 Å². The number of nitrogens with zero attached hydrogens (tertiary/aromatic N) is 2. The number of ether oxygens (including phenoxy) is 1.